The van der Waals surface area contributed by atoms with E-state index in [-0.39, 0.29) is 38.6 Å². The molecular weight excluding hydrogens is 959 g/mol. The van der Waals surface area contributed by atoms with Crippen molar-refractivity contribution in [2.75, 3.05) is 47.5 Å². The molecule has 9 heteroatoms. The van der Waals surface area contributed by atoms with Crippen molar-refractivity contribution in [3.05, 3.63) is 85.1 Å². The van der Waals surface area contributed by atoms with Gasteiger partial charge in [0.2, 0.25) is 0 Å². The Balaban J connectivity index is 4.24. The number of quaternary nitrogens is 1. The van der Waals surface area contributed by atoms with E-state index in [4.69, 9.17) is 18.9 Å². The van der Waals surface area contributed by atoms with E-state index in [1.165, 1.54) is 154 Å². The minimum atomic E-state index is -1.63. The van der Waals surface area contributed by atoms with Gasteiger partial charge in [-0.1, -0.05) is 272 Å². The fourth-order valence-corrected chi connectivity index (χ4v) is 8.81. The number of ether oxygens (including phenoxy) is 4. The van der Waals surface area contributed by atoms with Crippen LogP contribution in [-0.2, 0) is 33.3 Å². The predicted octanol–water partition coefficient (Wildman–Crippen LogP) is 17.8. The molecule has 0 saturated carbocycles. The molecule has 444 valence electrons. The Morgan fingerprint density at radius 1 is 0.403 bits per heavy atom. The number of hydrogen-bond donors (Lipinski definition) is 0. The van der Waals surface area contributed by atoms with E-state index in [2.05, 4.69) is 98.9 Å². The molecule has 0 aliphatic rings. The van der Waals surface area contributed by atoms with E-state index < -0.39 is 24.3 Å². The van der Waals surface area contributed by atoms with E-state index in [0.717, 1.165) is 83.5 Å². The largest absolute Gasteiger partial charge is 0.545 e. The summed E-state index contributed by atoms with van der Waals surface area (Å²) in [6, 6.07) is 0. The van der Waals surface area contributed by atoms with Crippen LogP contribution >= 0.6 is 0 Å². The molecule has 2 unspecified atom stereocenters. The first kappa shape index (κ1) is 73.5. The average Bonchev–Trinajstić information content (AvgIpc) is 3.40. The molecule has 0 amide bonds. The summed E-state index contributed by atoms with van der Waals surface area (Å²) in [4.78, 5) is 37.4. The first-order chi connectivity index (χ1) is 37.6. The van der Waals surface area contributed by atoms with Gasteiger partial charge < -0.3 is 33.3 Å². The fraction of sp³-hybridized carbons (Fsp3) is 0.750. The molecule has 0 bridgehead atoms. The second kappa shape index (κ2) is 58.6. The number of carbonyl (C=O) groups excluding carboxylic acids is 3. The first-order valence-corrected chi connectivity index (χ1v) is 31.7. The lowest BCUT2D eigenvalue weighted by Gasteiger charge is -2.26. The van der Waals surface area contributed by atoms with Crippen molar-refractivity contribution in [2.24, 2.45) is 0 Å². The number of likely N-dealkylation sites (N-methyl/N-ethyl adjacent to an activating group) is 1. The molecule has 0 radical (unpaired) electrons. The van der Waals surface area contributed by atoms with E-state index in [1.807, 2.05) is 21.1 Å². The number of carboxylic acids is 1. The number of hydrogen-bond acceptors (Lipinski definition) is 8. The number of rotatable bonds is 58. The molecule has 0 aromatic heterocycles. The smallest absolute Gasteiger partial charge is 0.306 e. The van der Waals surface area contributed by atoms with Crippen LogP contribution < -0.4 is 5.11 Å². The number of carboxylic acid groups (broad SMARTS) is 1. The molecule has 0 rings (SSSR count). The maximum Gasteiger partial charge on any atom is 0.306 e. The van der Waals surface area contributed by atoms with Gasteiger partial charge in [-0.05, 0) is 70.6 Å². The van der Waals surface area contributed by atoms with Gasteiger partial charge in [0.25, 0.3) is 0 Å². The van der Waals surface area contributed by atoms with Gasteiger partial charge >= 0.3 is 11.9 Å². The predicted molar refractivity (Wildman–Crippen MR) is 324 cm³/mol. The molecule has 2 atom stereocenters. The van der Waals surface area contributed by atoms with Crippen LogP contribution in [0.4, 0.5) is 0 Å². The van der Waals surface area contributed by atoms with Gasteiger partial charge in [-0.15, -0.1) is 0 Å². The maximum absolute atomic E-state index is 12.9. The van der Waals surface area contributed by atoms with Gasteiger partial charge in [-0.25, -0.2) is 0 Å². The molecule has 9 nitrogen and oxygen atoms in total. The lowest BCUT2D eigenvalue weighted by Crippen LogP contribution is -2.44. The summed E-state index contributed by atoms with van der Waals surface area (Å²) in [5.41, 5.74) is 0. The van der Waals surface area contributed by atoms with Crippen LogP contribution in [0.1, 0.15) is 271 Å². The second-order valence-electron chi connectivity index (χ2n) is 22.3. The Kier molecular flexibility index (Phi) is 55.9. The monoisotopic (exact) mass is 1080 g/mol. The third-order valence-corrected chi connectivity index (χ3v) is 13.7. The standard InChI is InChI=1S/C68H119NO8/c1-6-8-10-12-14-16-18-20-22-24-26-28-30-32-33-35-36-38-40-42-44-46-48-50-52-54-56-58-65(70)75-62-64(63-76-68(67(72)73)74-61-60-69(3,4)5)77-66(71)59-57-55-53-51-49-47-45-43-41-39-37-34-31-29-27-25-23-21-19-17-15-13-11-9-7-2/h9,11,15,17,21,23,27,29,34,37,41,43,47,49,64,68H,6-8,10,12-14,16,18-20,22,24-26,28,30-33,35-36,38-40,42,44-46,48,50-63H2,1-5H3/b11-9-,17-15-,23-21-,29-27-,37-34-,43-41-,49-47-. The number of nitrogens with zero attached hydrogens (tertiary/aromatic N) is 1. The summed E-state index contributed by atoms with van der Waals surface area (Å²) >= 11 is 0. The Morgan fingerprint density at radius 3 is 1.10 bits per heavy atom. The topological polar surface area (TPSA) is 111 Å². The highest BCUT2D eigenvalue weighted by Gasteiger charge is 2.22. The third-order valence-electron chi connectivity index (χ3n) is 13.7. The van der Waals surface area contributed by atoms with Crippen molar-refractivity contribution >= 4 is 17.9 Å². The van der Waals surface area contributed by atoms with E-state index in [0.29, 0.717) is 17.4 Å². The summed E-state index contributed by atoms with van der Waals surface area (Å²) < 4.78 is 22.7. The van der Waals surface area contributed by atoms with Gasteiger partial charge in [-0.3, -0.25) is 9.59 Å². The highest BCUT2D eigenvalue weighted by molar-refractivity contribution is 5.70. The van der Waals surface area contributed by atoms with Gasteiger partial charge in [0.15, 0.2) is 12.4 Å². The molecule has 0 aromatic carbocycles. The van der Waals surface area contributed by atoms with E-state index in [1.54, 1.807) is 0 Å². The molecule has 0 aliphatic heterocycles. The van der Waals surface area contributed by atoms with Crippen LogP contribution in [0.3, 0.4) is 0 Å². The van der Waals surface area contributed by atoms with Crippen LogP contribution in [0, 0.1) is 0 Å². The third kappa shape index (κ3) is 60.0. The van der Waals surface area contributed by atoms with Crippen LogP contribution in [0.2, 0.25) is 0 Å². The number of carbonyl (C=O) groups is 3. The maximum atomic E-state index is 12.9. The molecule has 0 N–H and O–H groups in total. The molecule has 0 heterocycles. The van der Waals surface area contributed by atoms with Crippen molar-refractivity contribution < 1.29 is 42.9 Å². The summed E-state index contributed by atoms with van der Waals surface area (Å²) in [6.07, 6.45) is 75.1. The van der Waals surface area contributed by atoms with Crippen molar-refractivity contribution in [1.82, 2.24) is 0 Å². The van der Waals surface area contributed by atoms with Gasteiger partial charge in [-0.2, -0.15) is 0 Å². The quantitative estimate of drug-likeness (QED) is 0.0195. The van der Waals surface area contributed by atoms with Crippen LogP contribution in [0.15, 0.2) is 85.1 Å². The van der Waals surface area contributed by atoms with Gasteiger partial charge in [0, 0.05) is 12.8 Å². The van der Waals surface area contributed by atoms with Crippen LogP contribution in [0.5, 0.6) is 0 Å². The molecule has 0 fully saturated rings. The number of aliphatic carboxylic acids is 1. The molecule has 77 heavy (non-hydrogen) atoms. The zero-order valence-corrected chi connectivity index (χ0v) is 50.6. The highest BCUT2D eigenvalue weighted by atomic mass is 16.7. The minimum Gasteiger partial charge on any atom is -0.545 e. The molecule has 0 aliphatic carbocycles. The molecule has 0 spiro atoms. The lowest BCUT2D eigenvalue weighted by atomic mass is 10.0. The summed E-state index contributed by atoms with van der Waals surface area (Å²) in [5, 5.41) is 11.8. The van der Waals surface area contributed by atoms with E-state index in [9.17, 15) is 19.5 Å². The number of esters is 2. The average molecular weight is 1080 g/mol. The van der Waals surface area contributed by atoms with Crippen molar-refractivity contribution in [2.45, 2.75) is 283 Å². The lowest BCUT2D eigenvalue weighted by molar-refractivity contribution is -0.870. The van der Waals surface area contributed by atoms with Crippen molar-refractivity contribution in [1.29, 1.82) is 0 Å². The SMILES string of the molecule is CC/C=C\C/C=C\C/C=C\C/C=C\C/C=C\C/C=C\C/C=C\CCCCCC(=O)OC(COC(=O)CCCCCCCCCCCCCCCCCCCCCCCCCCCCC)COC(OCC[N+](C)(C)C)C(=O)[O-]. The van der Waals surface area contributed by atoms with Gasteiger partial charge in [0.1, 0.15) is 13.2 Å². The van der Waals surface area contributed by atoms with Crippen LogP contribution in [-0.4, -0.2) is 82.3 Å². The zero-order valence-electron chi connectivity index (χ0n) is 50.6. The molecule has 0 aromatic rings. The second-order valence-corrected chi connectivity index (χ2v) is 22.3. The Bertz CT molecular complexity index is 1540. The van der Waals surface area contributed by atoms with Crippen molar-refractivity contribution in [3.8, 4) is 0 Å². The highest BCUT2D eigenvalue weighted by Crippen LogP contribution is 2.17. The first-order valence-electron chi connectivity index (χ1n) is 31.7. The van der Waals surface area contributed by atoms with Crippen LogP contribution in [0.25, 0.3) is 0 Å². The summed E-state index contributed by atoms with van der Waals surface area (Å²) in [7, 11) is 5.91. The van der Waals surface area contributed by atoms with Crippen molar-refractivity contribution in [3.63, 3.8) is 0 Å². The van der Waals surface area contributed by atoms with Gasteiger partial charge in [0.05, 0.1) is 40.3 Å². The normalized spacial score (nSPS) is 13.3. The Labute approximate surface area is 474 Å². The zero-order chi connectivity index (χ0) is 56.2. The summed E-state index contributed by atoms with van der Waals surface area (Å²) in [6.45, 7) is 4.62. The molecule has 0 saturated heterocycles. The number of unbranched alkanes of at least 4 members (excludes halogenated alkanes) is 29. The Hall–Kier alpha value is -3.53. The Morgan fingerprint density at radius 2 is 0.740 bits per heavy atom. The minimum absolute atomic E-state index is 0.138. The summed E-state index contributed by atoms with van der Waals surface area (Å²) in [5.74, 6) is -2.32. The fourth-order valence-electron chi connectivity index (χ4n) is 8.81. The van der Waals surface area contributed by atoms with E-state index >= 15 is 0 Å². The number of allylic oxidation sites excluding steroid dienone is 14. The molecular formula is C68H119NO8.